The number of aliphatic hydroxyl groups is 1. The van der Waals surface area contributed by atoms with E-state index in [9.17, 15) is 0 Å². The first-order chi connectivity index (χ1) is 9.76. The van der Waals surface area contributed by atoms with Gasteiger partial charge in [-0.15, -0.1) is 0 Å². The van der Waals surface area contributed by atoms with E-state index in [1.165, 1.54) is 12.8 Å². The Kier molecular flexibility index (Phi) is 3.94. The van der Waals surface area contributed by atoms with E-state index in [0.717, 1.165) is 34.6 Å². The van der Waals surface area contributed by atoms with Crippen LogP contribution in [0.4, 0.5) is 5.82 Å². The number of rotatable bonds is 6. The number of benzene rings is 1. The number of nitrogens with one attached hydrogen (secondary N) is 1. The molecule has 2 N–H and O–H groups in total. The van der Waals surface area contributed by atoms with Crippen molar-refractivity contribution in [1.82, 2.24) is 9.78 Å². The molecular weight excluding hydrogens is 274 g/mol. The predicted molar refractivity (Wildman–Crippen MR) is 81.0 cm³/mol. The predicted octanol–water partition coefficient (Wildman–Crippen LogP) is 3.02. The Morgan fingerprint density at radius 1 is 1.30 bits per heavy atom. The number of aromatic nitrogens is 2. The van der Waals surface area contributed by atoms with Crippen LogP contribution in [0.5, 0.6) is 0 Å². The van der Waals surface area contributed by atoms with Gasteiger partial charge in [-0.25, -0.2) is 4.68 Å². The standard InChI is InChI=1S/C15H18ClN3O/c16-13-5-3-12(4-6-13)14-9-15(17-10-11-1-2-11)19(18-14)7-8-20/h3-6,9,11,17,20H,1-2,7-8,10H2. The molecule has 0 saturated heterocycles. The Balaban J connectivity index is 1.82. The van der Waals surface area contributed by atoms with Gasteiger partial charge in [0.05, 0.1) is 18.8 Å². The van der Waals surface area contributed by atoms with Gasteiger partial charge in [0.1, 0.15) is 5.82 Å². The van der Waals surface area contributed by atoms with Crippen LogP contribution in [-0.4, -0.2) is 28.0 Å². The fourth-order valence-electron chi connectivity index (χ4n) is 2.16. The molecule has 0 bridgehead atoms. The molecule has 0 radical (unpaired) electrons. The third-order valence-corrected chi connectivity index (χ3v) is 3.75. The van der Waals surface area contributed by atoms with Gasteiger partial charge in [-0.1, -0.05) is 23.7 Å². The summed E-state index contributed by atoms with van der Waals surface area (Å²) < 4.78 is 1.83. The number of hydrogen-bond donors (Lipinski definition) is 2. The van der Waals surface area contributed by atoms with E-state index in [4.69, 9.17) is 16.7 Å². The van der Waals surface area contributed by atoms with E-state index in [-0.39, 0.29) is 6.61 Å². The Bertz CT molecular complexity index is 575. The van der Waals surface area contributed by atoms with Gasteiger partial charge in [0.2, 0.25) is 0 Å². The van der Waals surface area contributed by atoms with Crippen LogP contribution >= 0.6 is 11.6 Å². The van der Waals surface area contributed by atoms with Gasteiger partial charge in [-0.2, -0.15) is 5.10 Å². The molecule has 1 fully saturated rings. The van der Waals surface area contributed by atoms with Gasteiger partial charge in [0.25, 0.3) is 0 Å². The molecule has 3 rings (SSSR count). The summed E-state index contributed by atoms with van der Waals surface area (Å²) in [5, 5.41) is 17.8. The number of aliphatic hydroxyl groups excluding tert-OH is 1. The maximum absolute atomic E-state index is 9.14. The Hall–Kier alpha value is -1.52. The zero-order valence-electron chi connectivity index (χ0n) is 11.2. The molecule has 0 aliphatic heterocycles. The summed E-state index contributed by atoms with van der Waals surface area (Å²) in [4.78, 5) is 0. The molecule has 1 saturated carbocycles. The maximum atomic E-state index is 9.14. The van der Waals surface area contributed by atoms with Crippen LogP contribution in [0.3, 0.4) is 0 Å². The Labute approximate surface area is 123 Å². The first-order valence-corrected chi connectivity index (χ1v) is 7.32. The second-order valence-corrected chi connectivity index (χ2v) is 5.63. The molecule has 0 atom stereocenters. The minimum absolute atomic E-state index is 0.0832. The lowest BCUT2D eigenvalue weighted by Crippen LogP contribution is -2.11. The fraction of sp³-hybridized carbons (Fsp3) is 0.400. The van der Waals surface area contributed by atoms with Gasteiger partial charge >= 0.3 is 0 Å². The Morgan fingerprint density at radius 2 is 2.05 bits per heavy atom. The summed E-state index contributed by atoms with van der Waals surface area (Å²) in [6.45, 7) is 1.57. The summed E-state index contributed by atoms with van der Waals surface area (Å²) in [5.74, 6) is 1.77. The normalized spacial score (nSPS) is 14.5. The van der Waals surface area contributed by atoms with Crippen LogP contribution in [0.1, 0.15) is 12.8 Å². The molecule has 1 aromatic carbocycles. The molecule has 4 nitrogen and oxygen atoms in total. The van der Waals surface area contributed by atoms with Crippen LogP contribution in [-0.2, 0) is 6.54 Å². The van der Waals surface area contributed by atoms with Crippen LogP contribution in [0.2, 0.25) is 5.02 Å². The molecule has 1 aromatic heterocycles. The second kappa shape index (κ2) is 5.85. The number of halogens is 1. The van der Waals surface area contributed by atoms with Crippen molar-refractivity contribution in [3.8, 4) is 11.3 Å². The summed E-state index contributed by atoms with van der Waals surface area (Å²) in [6.07, 6.45) is 2.62. The van der Waals surface area contributed by atoms with Gasteiger partial charge in [0.15, 0.2) is 0 Å². The Morgan fingerprint density at radius 3 is 2.70 bits per heavy atom. The highest BCUT2D eigenvalue weighted by Crippen LogP contribution is 2.30. The minimum atomic E-state index is 0.0832. The zero-order chi connectivity index (χ0) is 13.9. The lowest BCUT2D eigenvalue weighted by Gasteiger charge is -2.07. The van der Waals surface area contributed by atoms with E-state index >= 15 is 0 Å². The average Bonchev–Trinajstić information content (AvgIpc) is 3.19. The van der Waals surface area contributed by atoms with E-state index in [2.05, 4.69) is 10.4 Å². The lowest BCUT2D eigenvalue weighted by molar-refractivity contribution is 0.270. The largest absolute Gasteiger partial charge is 0.394 e. The summed E-state index contributed by atoms with van der Waals surface area (Å²) >= 11 is 5.91. The summed E-state index contributed by atoms with van der Waals surface area (Å²) in [7, 11) is 0. The van der Waals surface area contributed by atoms with Gasteiger partial charge < -0.3 is 10.4 Å². The number of anilines is 1. The topological polar surface area (TPSA) is 50.1 Å². The molecule has 5 heteroatoms. The quantitative estimate of drug-likeness (QED) is 0.860. The van der Waals surface area contributed by atoms with Crippen molar-refractivity contribution in [3.05, 3.63) is 35.4 Å². The van der Waals surface area contributed by atoms with Crippen LogP contribution < -0.4 is 5.32 Å². The summed E-state index contributed by atoms with van der Waals surface area (Å²) in [5.41, 5.74) is 1.92. The lowest BCUT2D eigenvalue weighted by atomic mass is 10.1. The first-order valence-electron chi connectivity index (χ1n) is 6.95. The van der Waals surface area contributed by atoms with Crippen molar-refractivity contribution < 1.29 is 5.11 Å². The van der Waals surface area contributed by atoms with Gasteiger partial charge in [-0.05, 0) is 30.9 Å². The first kappa shape index (κ1) is 13.5. The third-order valence-electron chi connectivity index (χ3n) is 3.50. The van der Waals surface area contributed by atoms with Crippen molar-refractivity contribution in [2.45, 2.75) is 19.4 Å². The van der Waals surface area contributed by atoms with E-state index in [1.54, 1.807) is 0 Å². The van der Waals surface area contributed by atoms with Crippen LogP contribution in [0.25, 0.3) is 11.3 Å². The molecule has 1 aliphatic rings. The SMILES string of the molecule is OCCn1nc(-c2ccc(Cl)cc2)cc1NCC1CC1. The molecule has 2 aromatic rings. The number of nitrogens with zero attached hydrogens (tertiary/aromatic N) is 2. The van der Waals surface area contributed by atoms with Crippen molar-refractivity contribution in [2.24, 2.45) is 5.92 Å². The number of hydrogen-bond acceptors (Lipinski definition) is 3. The highest BCUT2D eigenvalue weighted by atomic mass is 35.5. The zero-order valence-corrected chi connectivity index (χ0v) is 12.0. The molecule has 0 spiro atoms. The van der Waals surface area contributed by atoms with E-state index in [0.29, 0.717) is 6.54 Å². The molecule has 20 heavy (non-hydrogen) atoms. The smallest absolute Gasteiger partial charge is 0.125 e. The van der Waals surface area contributed by atoms with Crippen molar-refractivity contribution in [3.63, 3.8) is 0 Å². The third kappa shape index (κ3) is 3.14. The highest BCUT2D eigenvalue weighted by molar-refractivity contribution is 6.30. The molecule has 0 amide bonds. The maximum Gasteiger partial charge on any atom is 0.125 e. The van der Waals surface area contributed by atoms with Gasteiger partial charge in [0, 0.05) is 23.2 Å². The van der Waals surface area contributed by atoms with E-state index in [1.807, 2.05) is 35.0 Å². The molecular formula is C15H18ClN3O. The summed E-state index contributed by atoms with van der Waals surface area (Å²) in [6, 6.07) is 9.66. The molecule has 1 heterocycles. The molecule has 0 unspecified atom stereocenters. The van der Waals surface area contributed by atoms with Crippen LogP contribution in [0.15, 0.2) is 30.3 Å². The second-order valence-electron chi connectivity index (χ2n) is 5.19. The average molecular weight is 292 g/mol. The molecule has 106 valence electrons. The monoisotopic (exact) mass is 291 g/mol. The van der Waals surface area contributed by atoms with Crippen molar-refractivity contribution in [2.75, 3.05) is 18.5 Å². The van der Waals surface area contributed by atoms with Gasteiger partial charge in [-0.3, -0.25) is 0 Å². The fourth-order valence-corrected chi connectivity index (χ4v) is 2.28. The minimum Gasteiger partial charge on any atom is -0.394 e. The van der Waals surface area contributed by atoms with Crippen molar-refractivity contribution in [1.29, 1.82) is 0 Å². The molecule has 1 aliphatic carbocycles. The van der Waals surface area contributed by atoms with Crippen LogP contribution in [0, 0.1) is 5.92 Å². The highest BCUT2D eigenvalue weighted by Gasteiger charge is 2.21. The van der Waals surface area contributed by atoms with E-state index < -0.39 is 0 Å². The van der Waals surface area contributed by atoms with Crippen molar-refractivity contribution >= 4 is 17.4 Å².